The lowest BCUT2D eigenvalue weighted by Crippen LogP contribution is -2.40. The second-order valence-electron chi connectivity index (χ2n) is 9.85. The second kappa shape index (κ2) is 14.5. The van der Waals surface area contributed by atoms with E-state index in [1.807, 2.05) is 4.90 Å². The zero-order valence-electron chi connectivity index (χ0n) is 23.3. The zero-order chi connectivity index (χ0) is 31.3. The van der Waals surface area contributed by atoms with Crippen LogP contribution in [0.1, 0.15) is 38.4 Å². The Morgan fingerprint density at radius 1 is 1.14 bits per heavy atom. The van der Waals surface area contributed by atoms with Gasteiger partial charge in [0.05, 0.1) is 40.3 Å². The number of piperidine rings is 1. The van der Waals surface area contributed by atoms with Crippen LogP contribution in [0.4, 0.5) is 11.5 Å². The summed E-state index contributed by atoms with van der Waals surface area (Å²) in [5, 5.41) is 17.3. The monoisotopic (exact) mass is 689 g/mol. The summed E-state index contributed by atoms with van der Waals surface area (Å²) in [5.74, 6) is -0.960. The minimum Gasteiger partial charge on any atom is -0.494 e. The van der Waals surface area contributed by atoms with Gasteiger partial charge in [0.2, 0.25) is 10.0 Å². The van der Waals surface area contributed by atoms with E-state index in [4.69, 9.17) is 39.5 Å². The van der Waals surface area contributed by atoms with Crippen molar-refractivity contribution in [3.05, 3.63) is 66.9 Å². The lowest BCUT2D eigenvalue weighted by Gasteiger charge is -2.29. The number of nitrogens with zero attached hydrogens (tertiary/aromatic N) is 3. The maximum absolute atomic E-state index is 13.4. The van der Waals surface area contributed by atoms with Crippen molar-refractivity contribution in [2.24, 2.45) is 0 Å². The minimum absolute atomic E-state index is 0.0105. The Labute approximate surface area is 268 Å². The molecule has 0 aliphatic carbocycles. The minimum atomic E-state index is -3.62. The fraction of sp³-hybridized carbons (Fsp3) is 0.370. The Hall–Kier alpha value is -2.49. The highest BCUT2D eigenvalue weighted by Crippen LogP contribution is 2.35. The Kier molecular flexibility index (Phi) is 11.3. The number of carbonyl (C=O) groups excluding carboxylic acids is 2. The van der Waals surface area contributed by atoms with Crippen molar-refractivity contribution < 1.29 is 27.9 Å². The van der Waals surface area contributed by atoms with Gasteiger partial charge in [0, 0.05) is 50.5 Å². The molecule has 1 aliphatic heterocycles. The van der Waals surface area contributed by atoms with Gasteiger partial charge in [-0.25, -0.2) is 17.7 Å². The van der Waals surface area contributed by atoms with Gasteiger partial charge in [-0.1, -0.05) is 34.8 Å². The molecule has 4 rings (SSSR count). The van der Waals surface area contributed by atoms with Gasteiger partial charge in [0.15, 0.2) is 0 Å². The maximum Gasteiger partial charge on any atom is 0.267 e. The number of aromatic nitrogens is 1. The molecule has 1 aliphatic rings. The van der Waals surface area contributed by atoms with Crippen molar-refractivity contribution in [1.29, 1.82) is 0 Å². The van der Waals surface area contributed by atoms with Gasteiger partial charge < -0.3 is 25.4 Å². The van der Waals surface area contributed by atoms with Crippen LogP contribution in [0.2, 0.25) is 15.1 Å². The molecule has 0 bridgehead atoms. The van der Waals surface area contributed by atoms with E-state index in [-0.39, 0.29) is 56.1 Å². The summed E-state index contributed by atoms with van der Waals surface area (Å²) >= 11 is 19.7. The highest BCUT2D eigenvalue weighted by Gasteiger charge is 2.26. The predicted molar refractivity (Wildman–Crippen MR) is 169 cm³/mol. The second-order valence-corrected chi connectivity index (χ2v) is 14.2. The van der Waals surface area contributed by atoms with Gasteiger partial charge in [-0.2, -0.15) is 0 Å². The average molecular weight is 691 g/mol. The van der Waals surface area contributed by atoms with Gasteiger partial charge >= 0.3 is 0 Å². The smallest absolute Gasteiger partial charge is 0.267 e. The molecule has 1 fully saturated rings. The number of hydrogen-bond donors (Lipinski definition) is 3. The van der Waals surface area contributed by atoms with Crippen molar-refractivity contribution in [1.82, 2.24) is 14.2 Å². The predicted octanol–water partition coefficient (Wildman–Crippen LogP) is 4.83. The van der Waals surface area contributed by atoms with Crippen molar-refractivity contribution in [3.63, 3.8) is 0 Å². The van der Waals surface area contributed by atoms with Crippen LogP contribution >= 0.6 is 46.1 Å². The molecule has 2 aromatic heterocycles. The number of carbonyl (C=O) groups is 2. The van der Waals surface area contributed by atoms with Crippen molar-refractivity contribution in [3.8, 4) is 5.75 Å². The van der Waals surface area contributed by atoms with Crippen molar-refractivity contribution in [2.45, 2.75) is 25.5 Å². The van der Waals surface area contributed by atoms with Crippen LogP contribution < -0.4 is 15.4 Å². The molecule has 3 aromatic rings. The first-order valence-electron chi connectivity index (χ1n) is 13.1. The number of ether oxygens (including phenoxy) is 1. The molecule has 2 amide bonds. The summed E-state index contributed by atoms with van der Waals surface area (Å²) < 4.78 is 32.5. The summed E-state index contributed by atoms with van der Waals surface area (Å²) in [4.78, 5) is 32.7. The molecule has 0 radical (unpaired) electrons. The number of likely N-dealkylation sites (tertiary alicyclic amines) is 1. The van der Waals surface area contributed by atoms with E-state index < -0.39 is 21.8 Å². The van der Waals surface area contributed by atoms with Crippen LogP contribution in [-0.4, -0.2) is 85.2 Å². The van der Waals surface area contributed by atoms with E-state index >= 15 is 0 Å². The normalized spacial score (nSPS) is 14.6. The number of methoxy groups -OCH3 is 1. The summed E-state index contributed by atoms with van der Waals surface area (Å²) in [7, 11) is -0.789. The van der Waals surface area contributed by atoms with E-state index in [9.17, 15) is 23.1 Å². The summed E-state index contributed by atoms with van der Waals surface area (Å²) in [5.41, 5.74) is 0.523. The Bertz CT molecular complexity index is 1580. The standard InChI is InChI=1S/C27H30Cl3N5O6S2/c1-34(43(39,40)10-9-35-7-5-19(36)6-8-35)14-16-15-42-25(23(16)30)27(38)33-24-20(11-18(29)12-21(24)41-2)26(37)32-22-4-3-17(28)13-31-22/h3-4,11-13,15,19,36H,5-10,14H2,1-2H3,(H,33,38)(H,31,32,37). The molecule has 11 nitrogen and oxygen atoms in total. The summed E-state index contributed by atoms with van der Waals surface area (Å²) in [6, 6.07) is 5.90. The van der Waals surface area contributed by atoms with Gasteiger partial charge in [0.1, 0.15) is 16.4 Å². The van der Waals surface area contributed by atoms with Gasteiger partial charge in [-0.05, 0) is 42.0 Å². The number of halogens is 3. The SMILES string of the molecule is COc1cc(Cl)cc(C(=O)Nc2ccc(Cl)cn2)c1NC(=O)c1scc(CN(C)S(=O)(=O)CCN2CCC(O)CC2)c1Cl. The largest absolute Gasteiger partial charge is 0.494 e. The van der Waals surface area contributed by atoms with Gasteiger partial charge in [-0.15, -0.1) is 11.3 Å². The highest BCUT2D eigenvalue weighted by atomic mass is 35.5. The van der Waals surface area contributed by atoms with E-state index in [1.54, 1.807) is 11.4 Å². The first-order chi connectivity index (χ1) is 20.4. The first-order valence-corrected chi connectivity index (χ1v) is 16.7. The van der Waals surface area contributed by atoms with Crippen LogP contribution in [0, 0.1) is 0 Å². The number of hydrogen-bond acceptors (Lipinski definition) is 9. The number of nitrogens with one attached hydrogen (secondary N) is 2. The number of thiophene rings is 1. The number of sulfonamides is 1. The van der Waals surface area contributed by atoms with Crippen molar-refractivity contribution >= 4 is 79.5 Å². The molecular formula is C27H30Cl3N5O6S2. The molecule has 43 heavy (non-hydrogen) atoms. The zero-order valence-corrected chi connectivity index (χ0v) is 27.2. The van der Waals surface area contributed by atoms with E-state index in [2.05, 4.69) is 15.6 Å². The summed E-state index contributed by atoms with van der Waals surface area (Å²) in [6.07, 6.45) is 2.29. The van der Waals surface area contributed by atoms with Crippen LogP contribution in [-0.2, 0) is 16.6 Å². The molecule has 3 N–H and O–H groups in total. The Balaban J connectivity index is 1.47. The number of anilines is 2. The average Bonchev–Trinajstić information content (AvgIpc) is 3.34. The van der Waals surface area contributed by atoms with Crippen LogP contribution in [0.5, 0.6) is 5.75 Å². The highest BCUT2D eigenvalue weighted by molar-refractivity contribution is 7.89. The molecule has 232 valence electrons. The quantitative estimate of drug-likeness (QED) is 0.260. The third-order valence-electron chi connectivity index (χ3n) is 6.84. The van der Waals surface area contributed by atoms with Gasteiger partial charge in [0.25, 0.3) is 11.8 Å². The topological polar surface area (TPSA) is 141 Å². The fourth-order valence-corrected chi connectivity index (χ4v) is 7.08. The molecule has 16 heteroatoms. The molecule has 0 unspecified atom stereocenters. The number of rotatable bonds is 11. The lowest BCUT2D eigenvalue weighted by molar-refractivity contribution is 0.0854. The number of benzene rings is 1. The Morgan fingerprint density at radius 3 is 2.51 bits per heavy atom. The molecular weight excluding hydrogens is 661 g/mol. The summed E-state index contributed by atoms with van der Waals surface area (Å²) in [6.45, 7) is 1.62. The molecule has 1 saturated heterocycles. The van der Waals surface area contributed by atoms with Crippen LogP contribution in [0.15, 0.2) is 35.8 Å². The van der Waals surface area contributed by atoms with Crippen LogP contribution in [0.3, 0.4) is 0 Å². The lowest BCUT2D eigenvalue weighted by atomic mass is 10.1. The third-order valence-corrected chi connectivity index (χ3v) is 10.6. The number of aliphatic hydroxyl groups excluding tert-OH is 1. The number of pyridine rings is 1. The third kappa shape index (κ3) is 8.58. The first kappa shape index (κ1) is 33.4. The van der Waals surface area contributed by atoms with Crippen molar-refractivity contribution in [2.75, 3.05) is 50.2 Å². The van der Waals surface area contributed by atoms with E-state index in [0.29, 0.717) is 43.1 Å². The van der Waals surface area contributed by atoms with Gasteiger partial charge in [-0.3, -0.25) is 9.59 Å². The fourth-order valence-electron chi connectivity index (χ4n) is 4.38. The van der Waals surface area contributed by atoms with Crippen LogP contribution in [0.25, 0.3) is 0 Å². The van der Waals surface area contributed by atoms with E-state index in [1.165, 1.54) is 42.9 Å². The molecule has 3 heterocycles. The maximum atomic E-state index is 13.4. The number of aliphatic hydroxyl groups is 1. The molecule has 1 aromatic carbocycles. The number of amides is 2. The molecule has 0 atom stereocenters. The van der Waals surface area contributed by atoms with E-state index in [0.717, 1.165) is 11.3 Å². The molecule has 0 saturated carbocycles. The molecule has 0 spiro atoms. The Morgan fingerprint density at radius 2 is 1.86 bits per heavy atom.